The van der Waals surface area contributed by atoms with Gasteiger partial charge in [-0.3, -0.25) is 9.59 Å². The van der Waals surface area contributed by atoms with Crippen LogP contribution in [0.3, 0.4) is 0 Å². The van der Waals surface area contributed by atoms with Gasteiger partial charge in [0, 0.05) is 6.54 Å². The lowest BCUT2D eigenvalue weighted by molar-refractivity contribution is -0.147. The molecule has 0 fully saturated rings. The molecule has 0 saturated heterocycles. The fourth-order valence-corrected chi connectivity index (χ4v) is 2.14. The minimum Gasteiger partial charge on any atom is -0.497 e. The quantitative estimate of drug-likeness (QED) is 0.743. The lowest BCUT2D eigenvalue weighted by Gasteiger charge is -2.08. The van der Waals surface area contributed by atoms with Gasteiger partial charge in [-0.25, -0.2) is 0 Å². The zero-order chi connectivity index (χ0) is 18.1. The fourth-order valence-electron chi connectivity index (χ4n) is 2.14. The van der Waals surface area contributed by atoms with Crippen LogP contribution in [0.25, 0.3) is 0 Å². The Morgan fingerprint density at radius 1 is 0.920 bits per heavy atom. The number of benzene rings is 2. The van der Waals surface area contributed by atoms with Crippen LogP contribution in [-0.4, -0.2) is 32.7 Å². The minimum absolute atomic E-state index is 0.0863. The van der Waals surface area contributed by atoms with Crippen LogP contribution in [0.15, 0.2) is 48.5 Å². The minimum atomic E-state index is -0.465. The van der Waals surface area contributed by atoms with Gasteiger partial charge in [-0.05, 0) is 35.4 Å². The Kier molecular flexibility index (Phi) is 6.83. The second-order valence-electron chi connectivity index (χ2n) is 5.31. The van der Waals surface area contributed by atoms with E-state index in [0.29, 0.717) is 12.3 Å². The standard InChI is InChI=1S/C19H21NO5/c1-23-16-8-6-14(7-9-16)12-20-18(21)13-25-19(22)11-15-4-3-5-17(10-15)24-2/h3-10H,11-13H2,1-2H3,(H,20,21). The van der Waals surface area contributed by atoms with Gasteiger partial charge in [0.1, 0.15) is 11.5 Å². The van der Waals surface area contributed by atoms with Gasteiger partial charge in [0.15, 0.2) is 6.61 Å². The zero-order valence-electron chi connectivity index (χ0n) is 14.3. The lowest BCUT2D eigenvalue weighted by Crippen LogP contribution is -2.28. The first kappa shape index (κ1) is 18.3. The highest BCUT2D eigenvalue weighted by Gasteiger charge is 2.09. The molecule has 0 spiro atoms. The maximum atomic E-state index is 11.8. The summed E-state index contributed by atoms with van der Waals surface area (Å²) in [5, 5.41) is 2.70. The van der Waals surface area contributed by atoms with Crippen molar-refractivity contribution < 1.29 is 23.8 Å². The summed E-state index contributed by atoms with van der Waals surface area (Å²) >= 11 is 0. The number of esters is 1. The van der Waals surface area contributed by atoms with Gasteiger partial charge in [-0.15, -0.1) is 0 Å². The van der Waals surface area contributed by atoms with E-state index in [0.717, 1.165) is 16.9 Å². The molecule has 1 N–H and O–H groups in total. The number of hydrogen-bond donors (Lipinski definition) is 1. The number of hydrogen-bond acceptors (Lipinski definition) is 5. The number of ether oxygens (including phenoxy) is 3. The van der Waals surface area contributed by atoms with Crippen molar-refractivity contribution in [2.45, 2.75) is 13.0 Å². The molecule has 6 nitrogen and oxygen atoms in total. The van der Waals surface area contributed by atoms with Crippen LogP contribution in [0.1, 0.15) is 11.1 Å². The van der Waals surface area contributed by atoms with E-state index in [1.54, 1.807) is 38.5 Å². The van der Waals surface area contributed by atoms with Crippen molar-refractivity contribution in [1.29, 1.82) is 0 Å². The van der Waals surface area contributed by atoms with Gasteiger partial charge < -0.3 is 19.5 Å². The number of carbonyl (C=O) groups excluding carboxylic acids is 2. The van der Waals surface area contributed by atoms with E-state index >= 15 is 0 Å². The Morgan fingerprint density at radius 2 is 1.64 bits per heavy atom. The summed E-state index contributed by atoms with van der Waals surface area (Å²) in [6.07, 6.45) is 0.0863. The van der Waals surface area contributed by atoms with E-state index in [4.69, 9.17) is 14.2 Å². The molecule has 132 valence electrons. The summed E-state index contributed by atoms with van der Waals surface area (Å²) in [6.45, 7) is 0.0508. The fraction of sp³-hybridized carbons (Fsp3) is 0.263. The smallest absolute Gasteiger partial charge is 0.310 e. The van der Waals surface area contributed by atoms with Gasteiger partial charge in [0.05, 0.1) is 20.6 Å². The molecule has 0 aliphatic rings. The Bertz CT molecular complexity index is 712. The number of methoxy groups -OCH3 is 2. The highest BCUT2D eigenvalue weighted by molar-refractivity contribution is 5.81. The Labute approximate surface area is 146 Å². The van der Waals surface area contributed by atoms with Crippen LogP contribution >= 0.6 is 0 Å². The van der Waals surface area contributed by atoms with Crippen molar-refractivity contribution in [2.75, 3.05) is 20.8 Å². The molecule has 2 aromatic carbocycles. The molecule has 0 aliphatic heterocycles. The van der Waals surface area contributed by atoms with Crippen molar-refractivity contribution in [2.24, 2.45) is 0 Å². The number of amides is 1. The van der Waals surface area contributed by atoms with Gasteiger partial charge >= 0.3 is 5.97 Å². The van der Waals surface area contributed by atoms with Crippen LogP contribution in [0.5, 0.6) is 11.5 Å². The Balaban J connectivity index is 1.72. The van der Waals surface area contributed by atoms with Gasteiger partial charge in [0.25, 0.3) is 5.91 Å². The van der Waals surface area contributed by atoms with E-state index in [-0.39, 0.29) is 18.9 Å². The average molecular weight is 343 g/mol. The van der Waals surface area contributed by atoms with E-state index in [9.17, 15) is 9.59 Å². The molecule has 25 heavy (non-hydrogen) atoms. The maximum Gasteiger partial charge on any atom is 0.310 e. The first-order valence-corrected chi connectivity index (χ1v) is 7.79. The number of rotatable bonds is 8. The Hall–Kier alpha value is -3.02. The molecule has 6 heteroatoms. The van der Waals surface area contributed by atoms with Crippen LogP contribution in [0, 0.1) is 0 Å². The summed E-state index contributed by atoms with van der Waals surface area (Å²) in [4.78, 5) is 23.6. The highest BCUT2D eigenvalue weighted by atomic mass is 16.5. The van der Waals surface area contributed by atoms with Crippen LogP contribution in [0.2, 0.25) is 0 Å². The van der Waals surface area contributed by atoms with E-state index in [1.807, 2.05) is 24.3 Å². The normalized spacial score (nSPS) is 10.0. The van der Waals surface area contributed by atoms with E-state index < -0.39 is 5.97 Å². The SMILES string of the molecule is COc1ccc(CNC(=O)COC(=O)Cc2cccc(OC)c2)cc1. The number of nitrogens with one attached hydrogen (secondary N) is 1. The molecule has 2 rings (SSSR count). The first-order valence-electron chi connectivity index (χ1n) is 7.79. The summed E-state index contributed by atoms with van der Waals surface area (Å²) in [5.41, 5.74) is 1.69. The summed E-state index contributed by atoms with van der Waals surface area (Å²) in [5.74, 6) is 0.603. The van der Waals surface area contributed by atoms with Crippen LogP contribution < -0.4 is 14.8 Å². The predicted molar refractivity (Wildman–Crippen MR) is 92.5 cm³/mol. The molecule has 0 atom stereocenters. The molecule has 0 saturated carbocycles. The molecular weight excluding hydrogens is 322 g/mol. The largest absolute Gasteiger partial charge is 0.497 e. The molecule has 0 aliphatic carbocycles. The van der Waals surface area contributed by atoms with Crippen molar-refractivity contribution in [3.05, 3.63) is 59.7 Å². The molecule has 0 bridgehead atoms. The van der Waals surface area contributed by atoms with Crippen molar-refractivity contribution >= 4 is 11.9 Å². The van der Waals surface area contributed by atoms with Gasteiger partial charge in [0.2, 0.25) is 0 Å². The second-order valence-corrected chi connectivity index (χ2v) is 5.31. The predicted octanol–water partition coefficient (Wildman–Crippen LogP) is 2.11. The van der Waals surface area contributed by atoms with E-state index in [1.165, 1.54) is 0 Å². The molecule has 0 unspecified atom stereocenters. The maximum absolute atomic E-state index is 11.8. The topological polar surface area (TPSA) is 73.9 Å². The molecular formula is C19H21NO5. The van der Waals surface area contributed by atoms with Crippen molar-refractivity contribution in [3.63, 3.8) is 0 Å². The van der Waals surface area contributed by atoms with Crippen molar-refractivity contribution in [1.82, 2.24) is 5.32 Å². The Morgan fingerprint density at radius 3 is 2.32 bits per heavy atom. The molecule has 0 radical (unpaired) electrons. The molecule has 0 heterocycles. The van der Waals surface area contributed by atoms with Gasteiger partial charge in [-0.1, -0.05) is 24.3 Å². The average Bonchev–Trinajstić information content (AvgIpc) is 2.65. The third kappa shape index (κ3) is 6.18. The monoisotopic (exact) mass is 343 g/mol. The van der Waals surface area contributed by atoms with Crippen LogP contribution in [-0.2, 0) is 27.3 Å². The van der Waals surface area contributed by atoms with Crippen molar-refractivity contribution in [3.8, 4) is 11.5 Å². The summed E-state index contributed by atoms with van der Waals surface area (Å²) < 4.78 is 15.2. The second kappa shape index (κ2) is 9.32. The molecule has 0 aromatic heterocycles. The zero-order valence-corrected chi connectivity index (χ0v) is 14.3. The van der Waals surface area contributed by atoms with Gasteiger partial charge in [-0.2, -0.15) is 0 Å². The van der Waals surface area contributed by atoms with E-state index in [2.05, 4.69) is 5.32 Å². The lowest BCUT2D eigenvalue weighted by atomic mass is 10.1. The summed E-state index contributed by atoms with van der Waals surface area (Å²) in [6, 6.07) is 14.5. The third-order valence-corrected chi connectivity index (χ3v) is 3.50. The highest BCUT2D eigenvalue weighted by Crippen LogP contribution is 2.13. The third-order valence-electron chi connectivity index (χ3n) is 3.50. The van der Waals surface area contributed by atoms with Crippen LogP contribution in [0.4, 0.5) is 0 Å². The molecule has 2 aromatic rings. The first-order chi connectivity index (χ1) is 12.1. The number of carbonyl (C=O) groups is 2. The molecule has 1 amide bonds. The summed E-state index contributed by atoms with van der Waals surface area (Å²) in [7, 11) is 3.15.